The van der Waals surface area contributed by atoms with Crippen molar-refractivity contribution < 1.29 is 19.0 Å². The van der Waals surface area contributed by atoms with Crippen molar-refractivity contribution in [2.24, 2.45) is 5.73 Å². The zero-order valence-electron chi connectivity index (χ0n) is 14.1. The summed E-state index contributed by atoms with van der Waals surface area (Å²) in [7, 11) is 1.38. The van der Waals surface area contributed by atoms with Gasteiger partial charge in [0, 0.05) is 18.5 Å². The van der Waals surface area contributed by atoms with Crippen molar-refractivity contribution in [2.75, 3.05) is 38.3 Å². The van der Waals surface area contributed by atoms with Crippen LogP contribution < -0.4 is 15.4 Å². The molecule has 0 unspecified atom stereocenters. The van der Waals surface area contributed by atoms with Crippen LogP contribution in [0.4, 0.5) is 5.69 Å². The number of ether oxygens (including phenoxy) is 3. The molecule has 7 heteroatoms. The minimum Gasteiger partial charge on any atom is -0.488 e. The SMILES string of the molecule is COC(=O)c1scc2c1N(CCN)[C@H](COCc1ccccc1)CO2. The summed E-state index contributed by atoms with van der Waals surface area (Å²) in [5, 5.41) is 1.84. The van der Waals surface area contributed by atoms with Gasteiger partial charge in [-0.15, -0.1) is 11.3 Å². The topological polar surface area (TPSA) is 74.0 Å². The number of nitrogens with two attached hydrogens (primary N) is 1. The summed E-state index contributed by atoms with van der Waals surface area (Å²) in [6.07, 6.45) is 0. The molecule has 0 aliphatic carbocycles. The van der Waals surface area contributed by atoms with E-state index < -0.39 is 0 Å². The van der Waals surface area contributed by atoms with Gasteiger partial charge in [0.15, 0.2) is 5.75 Å². The van der Waals surface area contributed by atoms with Crippen molar-refractivity contribution in [2.45, 2.75) is 12.6 Å². The monoisotopic (exact) mass is 362 g/mol. The van der Waals surface area contributed by atoms with Crippen LogP contribution in [-0.4, -0.2) is 45.4 Å². The number of benzene rings is 1. The Morgan fingerprint density at radius 3 is 2.92 bits per heavy atom. The van der Waals surface area contributed by atoms with Gasteiger partial charge in [0.2, 0.25) is 0 Å². The van der Waals surface area contributed by atoms with Gasteiger partial charge in [0.25, 0.3) is 0 Å². The summed E-state index contributed by atoms with van der Waals surface area (Å²) in [6, 6.07) is 10.0. The Labute approximate surface area is 151 Å². The van der Waals surface area contributed by atoms with Crippen molar-refractivity contribution in [3.05, 3.63) is 46.2 Å². The van der Waals surface area contributed by atoms with Gasteiger partial charge in [-0.1, -0.05) is 30.3 Å². The summed E-state index contributed by atoms with van der Waals surface area (Å²) in [5.41, 5.74) is 7.68. The van der Waals surface area contributed by atoms with E-state index in [0.29, 0.717) is 43.5 Å². The fourth-order valence-corrected chi connectivity index (χ4v) is 3.78. The molecule has 0 fully saturated rings. The molecule has 0 saturated heterocycles. The fourth-order valence-electron chi connectivity index (χ4n) is 2.86. The van der Waals surface area contributed by atoms with E-state index in [2.05, 4.69) is 4.90 Å². The maximum atomic E-state index is 12.0. The van der Waals surface area contributed by atoms with Crippen molar-refractivity contribution >= 4 is 23.0 Å². The quantitative estimate of drug-likeness (QED) is 0.762. The molecule has 1 aromatic heterocycles. The number of nitrogens with zero attached hydrogens (tertiary/aromatic N) is 1. The van der Waals surface area contributed by atoms with Crippen molar-refractivity contribution in [1.29, 1.82) is 0 Å². The summed E-state index contributed by atoms with van der Waals surface area (Å²) < 4.78 is 16.6. The maximum absolute atomic E-state index is 12.0. The van der Waals surface area contributed by atoms with E-state index in [4.69, 9.17) is 19.9 Å². The van der Waals surface area contributed by atoms with Gasteiger partial charge in [0.1, 0.15) is 17.2 Å². The number of thiophene rings is 1. The molecule has 2 heterocycles. The lowest BCUT2D eigenvalue weighted by atomic mass is 10.2. The zero-order valence-corrected chi connectivity index (χ0v) is 15.0. The van der Waals surface area contributed by atoms with Gasteiger partial charge >= 0.3 is 5.97 Å². The number of methoxy groups -OCH3 is 1. The highest BCUT2D eigenvalue weighted by Crippen LogP contribution is 2.42. The number of esters is 1. The molecule has 2 aromatic rings. The third-order valence-corrected chi connectivity index (χ3v) is 4.98. The highest BCUT2D eigenvalue weighted by molar-refractivity contribution is 7.13. The molecular formula is C18H22N2O4S. The first-order valence-electron chi connectivity index (χ1n) is 8.15. The van der Waals surface area contributed by atoms with Crippen LogP contribution in [0.15, 0.2) is 35.7 Å². The highest BCUT2D eigenvalue weighted by atomic mass is 32.1. The van der Waals surface area contributed by atoms with Crippen molar-refractivity contribution in [1.82, 2.24) is 0 Å². The Balaban J connectivity index is 1.72. The van der Waals surface area contributed by atoms with Crippen LogP contribution in [0.3, 0.4) is 0 Å². The normalized spacial score (nSPS) is 16.2. The standard InChI is InChI=1S/C18H22N2O4S/c1-22-18(21)17-16-15(12-25-17)24-11-14(20(16)8-7-19)10-23-9-13-5-3-2-4-6-13/h2-6,12,14H,7-11,19H2,1H3/t14-/m1/s1. The minimum atomic E-state index is -0.359. The second-order valence-corrected chi connectivity index (χ2v) is 6.60. The van der Waals surface area contributed by atoms with E-state index in [1.807, 2.05) is 35.7 Å². The second kappa shape index (κ2) is 8.33. The Morgan fingerprint density at radius 1 is 1.40 bits per heavy atom. The molecule has 134 valence electrons. The van der Waals surface area contributed by atoms with Crippen LogP contribution in [0.1, 0.15) is 15.2 Å². The Bertz CT molecular complexity index is 704. The lowest BCUT2D eigenvalue weighted by molar-refractivity contribution is 0.0603. The van der Waals surface area contributed by atoms with E-state index in [0.717, 1.165) is 11.3 Å². The molecule has 2 N–H and O–H groups in total. The molecule has 0 spiro atoms. The molecule has 1 aromatic carbocycles. The molecule has 0 saturated carbocycles. The predicted molar refractivity (Wildman–Crippen MR) is 97.4 cm³/mol. The van der Waals surface area contributed by atoms with Gasteiger partial charge in [-0.3, -0.25) is 0 Å². The van der Waals surface area contributed by atoms with Crippen LogP contribution >= 0.6 is 11.3 Å². The number of hydrogen-bond acceptors (Lipinski definition) is 7. The highest BCUT2D eigenvalue weighted by Gasteiger charge is 2.33. The summed E-state index contributed by atoms with van der Waals surface area (Å²) in [6.45, 7) is 2.62. The molecule has 1 atom stereocenters. The van der Waals surface area contributed by atoms with Crippen molar-refractivity contribution in [3.63, 3.8) is 0 Å². The number of anilines is 1. The molecule has 1 aliphatic heterocycles. The number of carbonyl (C=O) groups is 1. The predicted octanol–water partition coefficient (Wildman–Crippen LogP) is 2.28. The van der Waals surface area contributed by atoms with Gasteiger partial charge in [0.05, 0.1) is 26.4 Å². The number of fused-ring (bicyclic) bond motifs is 1. The zero-order chi connectivity index (χ0) is 17.6. The first-order chi connectivity index (χ1) is 12.2. The van der Waals surface area contributed by atoms with Gasteiger partial charge in [-0.05, 0) is 5.56 Å². The molecule has 1 aliphatic rings. The van der Waals surface area contributed by atoms with Crippen LogP contribution in [0, 0.1) is 0 Å². The Kier molecular flexibility index (Phi) is 5.91. The molecule has 3 rings (SSSR count). The fraction of sp³-hybridized carbons (Fsp3) is 0.389. The summed E-state index contributed by atoms with van der Waals surface area (Å²) in [4.78, 5) is 14.7. The molecule has 0 radical (unpaired) electrons. The van der Waals surface area contributed by atoms with E-state index in [9.17, 15) is 4.79 Å². The van der Waals surface area contributed by atoms with Crippen molar-refractivity contribution in [3.8, 4) is 5.75 Å². The Hall–Kier alpha value is -2.09. The summed E-state index contributed by atoms with van der Waals surface area (Å²) in [5.74, 6) is 0.348. The number of rotatable bonds is 7. The van der Waals surface area contributed by atoms with Crippen LogP contribution in [0.5, 0.6) is 5.75 Å². The second-order valence-electron chi connectivity index (χ2n) is 5.72. The summed E-state index contributed by atoms with van der Waals surface area (Å²) >= 11 is 1.33. The molecular weight excluding hydrogens is 340 g/mol. The third-order valence-electron chi connectivity index (χ3n) is 4.05. The Morgan fingerprint density at radius 2 is 2.20 bits per heavy atom. The van der Waals surface area contributed by atoms with E-state index in [-0.39, 0.29) is 12.0 Å². The van der Waals surface area contributed by atoms with Gasteiger partial charge < -0.3 is 24.8 Å². The average Bonchev–Trinajstić information content (AvgIpc) is 3.08. The van der Waals surface area contributed by atoms with Crippen LogP contribution in [0.2, 0.25) is 0 Å². The number of hydrogen-bond donors (Lipinski definition) is 1. The van der Waals surface area contributed by atoms with Gasteiger partial charge in [-0.25, -0.2) is 4.79 Å². The lowest BCUT2D eigenvalue weighted by Crippen LogP contribution is -2.48. The minimum absolute atomic E-state index is 0.00207. The van der Waals surface area contributed by atoms with E-state index in [1.165, 1.54) is 18.4 Å². The maximum Gasteiger partial charge on any atom is 0.350 e. The molecule has 25 heavy (non-hydrogen) atoms. The largest absolute Gasteiger partial charge is 0.488 e. The van der Waals surface area contributed by atoms with Gasteiger partial charge in [-0.2, -0.15) is 0 Å². The molecule has 6 nitrogen and oxygen atoms in total. The lowest BCUT2D eigenvalue weighted by Gasteiger charge is -2.37. The average molecular weight is 362 g/mol. The number of carbonyl (C=O) groups excluding carboxylic acids is 1. The first-order valence-corrected chi connectivity index (χ1v) is 9.03. The van der Waals surface area contributed by atoms with Crippen LogP contribution in [-0.2, 0) is 16.1 Å². The molecule has 0 amide bonds. The van der Waals surface area contributed by atoms with E-state index >= 15 is 0 Å². The molecule has 0 bridgehead atoms. The van der Waals surface area contributed by atoms with Crippen LogP contribution in [0.25, 0.3) is 0 Å². The first kappa shape index (κ1) is 17.7. The smallest absolute Gasteiger partial charge is 0.350 e. The third kappa shape index (κ3) is 3.95. The van der Waals surface area contributed by atoms with E-state index in [1.54, 1.807) is 0 Å².